The van der Waals surface area contributed by atoms with Gasteiger partial charge in [-0.3, -0.25) is 0 Å². The quantitative estimate of drug-likeness (QED) is 0.539. The Balaban J connectivity index is 4.20. The van der Waals surface area contributed by atoms with E-state index in [-0.39, 0.29) is 13.2 Å². The highest BCUT2D eigenvalue weighted by atomic mass is 16.3. The first kappa shape index (κ1) is 10.9. The Hall–Kier alpha value is -0.120. The summed E-state index contributed by atoms with van der Waals surface area (Å²) in [7, 11) is 0. The molecule has 0 aliphatic carbocycles. The van der Waals surface area contributed by atoms with E-state index in [1.165, 1.54) is 0 Å². The monoisotopic (exact) mass is 162 g/mol. The van der Waals surface area contributed by atoms with E-state index in [1.54, 1.807) is 6.92 Å². The topological polar surface area (TPSA) is 60.7 Å². The molecule has 0 aromatic carbocycles. The van der Waals surface area contributed by atoms with Gasteiger partial charge in [0.1, 0.15) is 0 Å². The molecule has 0 saturated heterocycles. The van der Waals surface area contributed by atoms with Crippen molar-refractivity contribution in [2.45, 2.75) is 32.8 Å². The third-order valence-electron chi connectivity index (χ3n) is 2.26. The van der Waals surface area contributed by atoms with E-state index in [9.17, 15) is 5.11 Å². The average Bonchev–Trinajstić information content (AvgIpc) is 2.00. The Labute approximate surface area is 67.7 Å². The number of aliphatic hydroxyl groups excluding tert-OH is 3. The largest absolute Gasteiger partial charge is 0.396 e. The van der Waals surface area contributed by atoms with Crippen LogP contribution in [0.4, 0.5) is 0 Å². The van der Waals surface area contributed by atoms with Gasteiger partial charge in [0.25, 0.3) is 0 Å². The van der Waals surface area contributed by atoms with Crippen molar-refractivity contribution in [3.8, 4) is 0 Å². The van der Waals surface area contributed by atoms with E-state index in [0.717, 1.165) is 6.42 Å². The first-order valence-electron chi connectivity index (χ1n) is 4.02. The molecule has 3 N–H and O–H groups in total. The molecular weight excluding hydrogens is 144 g/mol. The van der Waals surface area contributed by atoms with Gasteiger partial charge < -0.3 is 15.3 Å². The molecule has 0 aliphatic rings. The number of rotatable bonds is 5. The Morgan fingerprint density at radius 3 is 1.82 bits per heavy atom. The average molecular weight is 162 g/mol. The normalized spacial score (nSPS) is 15.0. The van der Waals surface area contributed by atoms with Crippen LogP contribution in [0.2, 0.25) is 0 Å². The zero-order valence-corrected chi connectivity index (χ0v) is 7.25. The summed E-state index contributed by atoms with van der Waals surface area (Å²) in [6.45, 7) is 3.24. The molecule has 0 heterocycles. The van der Waals surface area contributed by atoms with Crippen LogP contribution in [0.1, 0.15) is 26.7 Å². The minimum Gasteiger partial charge on any atom is -0.396 e. The Morgan fingerprint density at radius 2 is 1.73 bits per heavy atom. The van der Waals surface area contributed by atoms with Gasteiger partial charge in [-0.05, 0) is 13.3 Å². The third kappa shape index (κ3) is 2.43. The maximum Gasteiger partial charge on any atom is 0.0612 e. The van der Waals surface area contributed by atoms with Crippen LogP contribution < -0.4 is 0 Å². The van der Waals surface area contributed by atoms with Gasteiger partial charge in [0, 0.05) is 5.41 Å². The van der Waals surface area contributed by atoms with Crippen molar-refractivity contribution in [2.24, 2.45) is 5.41 Å². The molecule has 3 nitrogen and oxygen atoms in total. The van der Waals surface area contributed by atoms with Gasteiger partial charge in [-0.15, -0.1) is 0 Å². The second-order valence-corrected chi connectivity index (χ2v) is 3.10. The van der Waals surface area contributed by atoms with Gasteiger partial charge in [0.05, 0.1) is 19.3 Å². The van der Waals surface area contributed by atoms with Crippen LogP contribution in [0.3, 0.4) is 0 Å². The van der Waals surface area contributed by atoms with Crippen LogP contribution in [0.15, 0.2) is 0 Å². The summed E-state index contributed by atoms with van der Waals surface area (Å²) < 4.78 is 0. The lowest BCUT2D eigenvalue weighted by Gasteiger charge is -2.32. The predicted octanol–water partition coefficient (Wildman–Crippen LogP) is 0.138. The van der Waals surface area contributed by atoms with Crippen LogP contribution >= 0.6 is 0 Å². The molecule has 0 aliphatic heterocycles. The van der Waals surface area contributed by atoms with Crippen molar-refractivity contribution >= 4 is 0 Å². The minimum absolute atomic E-state index is 0.158. The molecule has 0 bridgehead atoms. The molecule has 0 aromatic rings. The van der Waals surface area contributed by atoms with Crippen molar-refractivity contribution in [1.82, 2.24) is 0 Å². The van der Waals surface area contributed by atoms with Crippen LogP contribution in [0, 0.1) is 5.41 Å². The molecule has 1 unspecified atom stereocenters. The van der Waals surface area contributed by atoms with Crippen molar-refractivity contribution in [2.75, 3.05) is 13.2 Å². The first-order chi connectivity index (χ1) is 5.13. The molecule has 0 saturated carbocycles. The van der Waals surface area contributed by atoms with Gasteiger partial charge in [-0.1, -0.05) is 13.3 Å². The van der Waals surface area contributed by atoms with E-state index in [0.29, 0.717) is 6.42 Å². The standard InChI is InChI=1S/C8H18O3/c1-3-4-8(5-9,6-10)7(2)11/h7,9-11H,3-6H2,1-2H3. The number of hydrogen-bond donors (Lipinski definition) is 3. The van der Waals surface area contributed by atoms with E-state index in [4.69, 9.17) is 10.2 Å². The van der Waals surface area contributed by atoms with Crippen LogP contribution in [-0.2, 0) is 0 Å². The van der Waals surface area contributed by atoms with Gasteiger partial charge in [0.15, 0.2) is 0 Å². The number of hydrogen-bond acceptors (Lipinski definition) is 3. The summed E-state index contributed by atoms with van der Waals surface area (Å²) in [4.78, 5) is 0. The lowest BCUT2D eigenvalue weighted by molar-refractivity contribution is -0.0497. The Bertz CT molecular complexity index is 97.5. The summed E-state index contributed by atoms with van der Waals surface area (Å²) in [5.41, 5.74) is -0.700. The highest BCUT2D eigenvalue weighted by Crippen LogP contribution is 2.26. The molecule has 0 spiro atoms. The minimum atomic E-state index is -0.700. The van der Waals surface area contributed by atoms with Crippen molar-refractivity contribution < 1.29 is 15.3 Å². The van der Waals surface area contributed by atoms with E-state index in [1.807, 2.05) is 6.92 Å². The summed E-state index contributed by atoms with van der Waals surface area (Å²) in [5.74, 6) is 0. The van der Waals surface area contributed by atoms with Crippen LogP contribution in [0.25, 0.3) is 0 Å². The van der Waals surface area contributed by atoms with Gasteiger partial charge in [-0.25, -0.2) is 0 Å². The lowest BCUT2D eigenvalue weighted by Crippen LogP contribution is -2.40. The third-order valence-corrected chi connectivity index (χ3v) is 2.26. The summed E-state index contributed by atoms with van der Waals surface area (Å²) in [6.07, 6.45) is 0.849. The highest BCUT2D eigenvalue weighted by molar-refractivity contribution is 4.82. The van der Waals surface area contributed by atoms with Gasteiger partial charge in [-0.2, -0.15) is 0 Å². The summed E-state index contributed by atoms with van der Waals surface area (Å²) in [5, 5.41) is 27.2. The molecule has 0 amide bonds. The maximum absolute atomic E-state index is 9.27. The predicted molar refractivity (Wildman–Crippen MR) is 43.2 cm³/mol. The van der Waals surface area contributed by atoms with Gasteiger partial charge >= 0.3 is 0 Å². The maximum atomic E-state index is 9.27. The molecule has 1 atom stereocenters. The molecule has 3 heteroatoms. The second kappa shape index (κ2) is 4.70. The molecule has 0 rings (SSSR count). The Kier molecular flexibility index (Phi) is 4.65. The zero-order valence-electron chi connectivity index (χ0n) is 7.25. The molecule has 0 fully saturated rings. The smallest absolute Gasteiger partial charge is 0.0612 e. The molecule has 0 radical (unpaired) electrons. The van der Waals surface area contributed by atoms with E-state index < -0.39 is 11.5 Å². The van der Waals surface area contributed by atoms with Crippen LogP contribution in [0.5, 0.6) is 0 Å². The zero-order chi connectivity index (χ0) is 8.91. The Morgan fingerprint density at radius 1 is 1.27 bits per heavy atom. The van der Waals surface area contributed by atoms with Crippen LogP contribution in [-0.4, -0.2) is 34.6 Å². The summed E-state index contributed by atoms with van der Waals surface area (Å²) in [6, 6.07) is 0. The molecular formula is C8H18O3. The van der Waals surface area contributed by atoms with E-state index >= 15 is 0 Å². The fourth-order valence-electron chi connectivity index (χ4n) is 1.18. The van der Waals surface area contributed by atoms with Gasteiger partial charge in [0.2, 0.25) is 0 Å². The molecule has 0 aromatic heterocycles. The van der Waals surface area contributed by atoms with Crippen molar-refractivity contribution in [3.63, 3.8) is 0 Å². The SMILES string of the molecule is CCCC(CO)(CO)C(C)O. The summed E-state index contributed by atoms with van der Waals surface area (Å²) >= 11 is 0. The first-order valence-corrected chi connectivity index (χ1v) is 4.02. The van der Waals surface area contributed by atoms with Crippen molar-refractivity contribution in [3.05, 3.63) is 0 Å². The number of aliphatic hydroxyl groups is 3. The van der Waals surface area contributed by atoms with Crippen molar-refractivity contribution in [1.29, 1.82) is 0 Å². The highest BCUT2D eigenvalue weighted by Gasteiger charge is 2.32. The fraction of sp³-hybridized carbons (Fsp3) is 1.00. The molecule has 68 valence electrons. The lowest BCUT2D eigenvalue weighted by atomic mass is 9.80. The fourth-order valence-corrected chi connectivity index (χ4v) is 1.18. The molecule has 11 heavy (non-hydrogen) atoms. The second-order valence-electron chi connectivity index (χ2n) is 3.10. The van der Waals surface area contributed by atoms with E-state index in [2.05, 4.69) is 0 Å².